The Hall–Kier alpha value is -2.67. The summed E-state index contributed by atoms with van der Waals surface area (Å²) in [5.74, 6) is 2.06. The number of fused-ring (bicyclic) bond motifs is 2. The number of amides is 1. The van der Waals surface area contributed by atoms with Crippen molar-refractivity contribution in [2.75, 3.05) is 27.5 Å². The summed E-state index contributed by atoms with van der Waals surface area (Å²) in [5, 5.41) is 2.91. The van der Waals surface area contributed by atoms with Crippen LogP contribution in [0.1, 0.15) is 27.2 Å². The normalized spacial score (nSPS) is 15.8. The molecule has 132 valence electrons. The standard InChI is InChI=1S/C18H20N2O5/c1-20-6-5-11-12(8-19-18(21)14-4-3-7-23-14)16-17(25-10-24-16)15(22-2)13(11)9-20/h3-4,7H,5-6,8-10H2,1-2H3,(H,19,21). The van der Waals surface area contributed by atoms with Gasteiger partial charge in [0, 0.05) is 30.8 Å². The first-order valence-corrected chi connectivity index (χ1v) is 8.19. The molecule has 3 heterocycles. The summed E-state index contributed by atoms with van der Waals surface area (Å²) in [6.07, 6.45) is 2.35. The molecule has 0 saturated carbocycles. The number of ether oxygens (including phenoxy) is 3. The van der Waals surface area contributed by atoms with E-state index in [1.807, 2.05) is 0 Å². The molecule has 1 aromatic heterocycles. The van der Waals surface area contributed by atoms with Gasteiger partial charge in [-0.3, -0.25) is 4.79 Å². The number of nitrogens with zero attached hydrogens (tertiary/aromatic N) is 1. The number of carbonyl (C=O) groups excluding carboxylic acids is 1. The number of furan rings is 1. The predicted molar refractivity (Wildman–Crippen MR) is 89.0 cm³/mol. The minimum atomic E-state index is -0.254. The molecule has 4 rings (SSSR count). The predicted octanol–water partition coefficient (Wildman–Crippen LogP) is 1.93. The van der Waals surface area contributed by atoms with Crippen LogP contribution in [0.4, 0.5) is 0 Å². The number of rotatable bonds is 4. The number of carbonyl (C=O) groups is 1. The number of methoxy groups -OCH3 is 1. The van der Waals surface area contributed by atoms with E-state index in [0.29, 0.717) is 18.0 Å². The van der Waals surface area contributed by atoms with Gasteiger partial charge in [0.15, 0.2) is 17.3 Å². The highest BCUT2D eigenvalue weighted by Crippen LogP contribution is 2.49. The lowest BCUT2D eigenvalue weighted by molar-refractivity contribution is 0.0922. The summed E-state index contributed by atoms with van der Waals surface area (Å²) in [5.41, 5.74) is 3.22. The average molecular weight is 344 g/mol. The third-order valence-corrected chi connectivity index (χ3v) is 4.64. The van der Waals surface area contributed by atoms with Crippen molar-refractivity contribution >= 4 is 5.91 Å². The van der Waals surface area contributed by atoms with Gasteiger partial charge in [0.2, 0.25) is 12.5 Å². The Labute approximate surface area is 145 Å². The average Bonchev–Trinajstić information content (AvgIpc) is 3.29. The number of benzene rings is 1. The van der Waals surface area contributed by atoms with E-state index >= 15 is 0 Å². The number of hydrogen-bond acceptors (Lipinski definition) is 6. The molecule has 2 aliphatic heterocycles. The lowest BCUT2D eigenvalue weighted by Crippen LogP contribution is -2.29. The molecule has 0 saturated heterocycles. The Balaban J connectivity index is 1.71. The molecule has 2 aliphatic rings. The monoisotopic (exact) mass is 344 g/mol. The van der Waals surface area contributed by atoms with Crippen molar-refractivity contribution in [1.29, 1.82) is 0 Å². The summed E-state index contributed by atoms with van der Waals surface area (Å²) in [6, 6.07) is 3.33. The zero-order chi connectivity index (χ0) is 17.4. The smallest absolute Gasteiger partial charge is 0.287 e. The first-order valence-electron chi connectivity index (χ1n) is 8.19. The maximum atomic E-state index is 12.2. The maximum Gasteiger partial charge on any atom is 0.287 e. The second-order valence-electron chi connectivity index (χ2n) is 6.18. The SMILES string of the molecule is COc1c2c(c(CNC(=O)c3ccco3)c3c1OCO3)CCN(C)C2. The third-order valence-electron chi connectivity index (χ3n) is 4.64. The van der Waals surface area contributed by atoms with Gasteiger partial charge >= 0.3 is 0 Å². The van der Waals surface area contributed by atoms with Gasteiger partial charge in [-0.05, 0) is 31.2 Å². The van der Waals surface area contributed by atoms with Gasteiger partial charge in [-0.15, -0.1) is 0 Å². The molecule has 2 aromatic rings. The molecule has 0 atom stereocenters. The molecule has 0 bridgehead atoms. The lowest BCUT2D eigenvalue weighted by Gasteiger charge is -2.29. The van der Waals surface area contributed by atoms with Crippen molar-refractivity contribution < 1.29 is 23.4 Å². The number of likely N-dealkylation sites (N-methyl/N-ethyl adjacent to an activating group) is 1. The van der Waals surface area contributed by atoms with Gasteiger partial charge < -0.3 is 28.8 Å². The van der Waals surface area contributed by atoms with E-state index in [2.05, 4.69) is 17.3 Å². The van der Waals surface area contributed by atoms with Crippen LogP contribution < -0.4 is 19.5 Å². The first kappa shape index (κ1) is 15.8. The topological polar surface area (TPSA) is 73.2 Å². The molecule has 0 unspecified atom stereocenters. The Morgan fingerprint density at radius 3 is 2.92 bits per heavy atom. The van der Waals surface area contributed by atoms with E-state index in [0.717, 1.165) is 36.4 Å². The van der Waals surface area contributed by atoms with E-state index in [1.54, 1.807) is 19.2 Å². The second kappa shape index (κ2) is 6.33. The van der Waals surface area contributed by atoms with Crippen LogP contribution in [0, 0.1) is 0 Å². The van der Waals surface area contributed by atoms with Crippen molar-refractivity contribution in [2.24, 2.45) is 0 Å². The third kappa shape index (κ3) is 2.70. The zero-order valence-electron chi connectivity index (χ0n) is 14.3. The van der Waals surface area contributed by atoms with Gasteiger partial charge in [-0.25, -0.2) is 0 Å². The highest BCUT2D eigenvalue weighted by Gasteiger charge is 2.32. The van der Waals surface area contributed by atoms with Crippen LogP contribution in [0.2, 0.25) is 0 Å². The molecule has 1 aromatic carbocycles. The minimum Gasteiger partial charge on any atom is -0.492 e. The lowest BCUT2D eigenvalue weighted by atomic mass is 9.92. The van der Waals surface area contributed by atoms with Gasteiger partial charge in [0.05, 0.1) is 13.4 Å². The Morgan fingerprint density at radius 1 is 1.32 bits per heavy atom. The summed E-state index contributed by atoms with van der Waals surface area (Å²) in [6.45, 7) is 2.22. The molecule has 7 nitrogen and oxygen atoms in total. The molecule has 25 heavy (non-hydrogen) atoms. The van der Waals surface area contributed by atoms with Crippen LogP contribution in [0.3, 0.4) is 0 Å². The van der Waals surface area contributed by atoms with Gasteiger partial charge in [-0.1, -0.05) is 0 Å². The van der Waals surface area contributed by atoms with E-state index in [-0.39, 0.29) is 18.5 Å². The van der Waals surface area contributed by atoms with Crippen molar-refractivity contribution in [3.63, 3.8) is 0 Å². The second-order valence-corrected chi connectivity index (χ2v) is 6.18. The van der Waals surface area contributed by atoms with E-state index in [1.165, 1.54) is 11.8 Å². The summed E-state index contributed by atoms with van der Waals surface area (Å²) < 4.78 is 22.1. The van der Waals surface area contributed by atoms with Crippen molar-refractivity contribution in [2.45, 2.75) is 19.5 Å². The van der Waals surface area contributed by atoms with Crippen LogP contribution in [0.25, 0.3) is 0 Å². The van der Waals surface area contributed by atoms with Crippen LogP contribution in [-0.4, -0.2) is 38.3 Å². The van der Waals surface area contributed by atoms with Crippen LogP contribution in [0.5, 0.6) is 17.2 Å². The van der Waals surface area contributed by atoms with Crippen LogP contribution in [0.15, 0.2) is 22.8 Å². The molecular formula is C18H20N2O5. The zero-order valence-corrected chi connectivity index (χ0v) is 14.3. The number of nitrogens with one attached hydrogen (secondary N) is 1. The van der Waals surface area contributed by atoms with Crippen LogP contribution >= 0.6 is 0 Å². The molecule has 0 radical (unpaired) electrons. The molecule has 0 aliphatic carbocycles. The van der Waals surface area contributed by atoms with Crippen LogP contribution in [-0.2, 0) is 19.5 Å². The molecule has 0 fully saturated rings. The van der Waals surface area contributed by atoms with Gasteiger partial charge in [0.25, 0.3) is 5.91 Å². The highest BCUT2D eigenvalue weighted by molar-refractivity contribution is 5.91. The van der Waals surface area contributed by atoms with E-state index in [4.69, 9.17) is 18.6 Å². The first-order chi connectivity index (χ1) is 12.2. The number of hydrogen-bond donors (Lipinski definition) is 1. The quantitative estimate of drug-likeness (QED) is 0.914. The summed E-state index contributed by atoms with van der Waals surface area (Å²) >= 11 is 0. The minimum absolute atomic E-state index is 0.156. The Morgan fingerprint density at radius 2 is 2.16 bits per heavy atom. The van der Waals surface area contributed by atoms with Crippen molar-refractivity contribution in [3.05, 3.63) is 40.8 Å². The van der Waals surface area contributed by atoms with E-state index in [9.17, 15) is 4.79 Å². The van der Waals surface area contributed by atoms with E-state index < -0.39 is 0 Å². The molecule has 1 amide bonds. The highest BCUT2D eigenvalue weighted by atomic mass is 16.7. The molecular weight excluding hydrogens is 324 g/mol. The summed E-state index contributed by atoms with van der Waals surface area (Å²) in [4.78, 5) is 14.4. The van der Waals surface area contributed by atoms with Gasteiger partial charge in [-0.2, -0.15) is 0 Å². The fourth-order valence-corrected chi connectivity index (χ4v) is 3.45. The van der Waals surface area contributed by atoms with Gasteiger partial charge in [0.1, 0.15) is 0 Å². The molecule has 7 heteroatoms. The summed E-state index contributed by atoms with van der Waals surface area (Å²) in [7, 11) is 3.72. The fourth-order valence-electron chi connectivity index (χ4n) is 3.45. The maximum absolute atomic E-state index is 12.2. The Bertz CT molecular complexity index is 801. The molecule has 0 spiro atoms. The Kier molecular flexibility index (Phi) is 4.01. The fraction of sp³-hybridized carbons (Fsp3) is 0.389. The largest absolute Gasteiger partial charge is 0.492 e. The molecule has 1 N–H and O–H groups in total. The van der Waals surface area contributed by atoms with Crippen molar-refractivity contribution in [1.82, 2.24) is 10.2 Å². The van der Waals surface area contributed by atoms with Crippen molar-refractivity contribution in [3.8, 4) is 17.2 Å².